The molecule has 0 bridgehead atoms. The first-order valence-electron chi connectivity index (χ1n) is 5.45. The Bertz CT molecular complexity index is 550. The molecule has 4 nitrogen and oxygen atoms in total. The number of aromatic nitrogens is 1. The van der Waals surface area contributed by atoms with Gasteiger partial charge in [0.05, 0.1) is 16.3 Å². The standard InChI is InChI=1S/C12H15N3OS/c1-7-4-5-9-10(6-7)17-12(14-9)15-11(16)8(2)13-3/h4-6,8,13H,1-3H3,(H,14,15,16). The summed E-state index contributed by atoms with van der Waals surface area (Å²) in [6, 6.07) is 5.84. The van der Waals surface area contributed by atoms with Gasteiger partial charge in [0.1, 0.15) is 0 Å². The largest absolute Gasteiger partial charge is 0.309 e. The molecular formula is C12H15N3OS. The second kappa shape index (κ2) is 4.81. The zero-order chi connectivity index (χ0) is 12.4. The lowest BCUT2D eigenvalue weighted by atomic mass is 10.2. The first kappa shape index (κ1) is 12.0. The van der Waals surface area contributed by atoms with E-state index >= 15 is 0 Å². The fourth-order valence-electron chi connectivity index (χ4n) is 1.43. The average Bonchev–Trinajstić information content (AvgIpc) is 2.69. The molecule has 0 fully saturated rings. The quantitative estimate of drug-likeness (QED) is 0.876. The Hall–Kier alpha value is -1.46. The number of nitrogens with zero attached hydrogens (tertiary/aromatic N) is 1. The summed E-state index contributed by atoms with van der Waals surface area (Å²) in [5.41, 5.74) is 2.12. The number of amides is 1. The van der Waals surface area contributed by atoms with Crippen molar-refractivity contribution in [2.24, 2.45) is 0 Å². The SMILES string of the molecule is CNC(C)C(=O)Nc1nc2ccc(C)cc2s1. The van der Waals surface area contributed by atoms with Gasteiger partial charge in [0.15, 0.2) is 5.13 Å². The van der Waals surface area contributed by atoms with Gasteiger partial charge in [-0.15, -0.1) is 0 Å². The van der Waals surface area contributed by atoms with E-state index in [-0.39, 0.29) is 11.9 Å². The van der Waals surface area contributed by atoms with Crippen LogP contribution >= 0.6 is 11.3 Å². The number of aryl methyl sites for hydroxylation is 1. The second-order valence-corrected chi connectivity index (χ2v) is 5.02. The Morgan fingerprint density at radius 3 is 2.94 bits per heavy atom. The number of nitrogens with one attached hydrogen (secondary N) is 2. The second-order valence-electron chi connectivity index (χ2n) is 3.99. The Morgan fingerprint density at radius 2 is 2.24 bits per heavy atom. The van der Waals surface area contributed by atoms with Crippen molar-refractivity contribution in [3.8, 4) is 0 Å². The van der Waals surface area contributed by atoms with Gasteiger partial charge < -0.3 is 10.6 Å². The summed E-state index contributed by atoms with van der Waals surface area (Å²) in [4.78, 5) is 16.0. The summed E-state index contributed by atoms with van der Waals surface area (Å²) < 4.78 is 1.09. The minimum atomic E-state index is -0.219. The molecule has 0 saturated heterocycles. The number of carbonyl (C=O) groups is 1. The number of likely N-dealkylation sites (N-methyl/N-ethyl adjacent to an activating group) is 1. The molecule has 2 rings (SSSR count). The fraction of sp³-hybridized carbons (Fsp3) is 0.333. The van der Waals surface area contributed by atoms with E-state index in [1.807, 2.05) is 26.0 Å². The number of anilines is 1. The lowest BCUT2D eigenvalue weighted by Crippen LogP contribution is -2.35. The molecule has 0 aliphatic rings. The van der Waals surface area contributed by atoms with Crippen molar-refractivity contribution in [2.45, 2.75) is 19.9 Å². The van der Waals surface area contributed by atoms with E-state index in [2.05, 4.69) is 21.7 Å². The molecule has 0 saturated carbocycles. The summed E-state index contributed by atoms with van der Waals surface area (Å²) in [6.07, 6.45) is 0. The molecule has 2 aromatic rings. The summed E-state index contributed by atoms with van der Waals surface area (Å²) in [5, 5.41) is 6.35. The molecular weight excluding hydrogens is 234 g/mol. The Labute approximate surface area is 104 Å². The first-order valence-corrected chi connectivity index (χ1v) is 6.27. The molecule has 0 aliphatic heterocycles. The molecule has 2 N–H and O–H groups in total. The van der Waals surface area contributed by atoms with Crippen LogP contribution in [0.5, 0.6) is 0 Å². The number of carbonyl (C=O) groups excluding carboxylic acids is 1. The maximum Gasteiger partial charge on any atom is 0.242 e. The summed E-state index contributed by atoms with van der Waals surface area (Å²) >= 11 is 1.50. The van der Waals surface area contributed by atoms with Crippen molar-refractivity contribution in [3.63, 3.8) is 0 Å². The third-order valence-electron chi connectivity index (χ3n) is 2.60. The molecule has 0 aliphatic carbocycles. The van der Waals surface area contributed by atoms with Crippen LogP contribution in [0.2, 0.25) is 0 Å². The van der Waals surface area contributed by atoms with Crippen LogP contribution < -0.4 is 10.6 Å². The van der Waals surface area contributed by atoms with E-state index in [1.54, 1.807) is 7.05 Å². The van der Waals surface area contributed by atoms with Crippen molar-refractivity contribution in [2.75, 3.05) is 12.4 Å². The highest BCUT2D eigenvalue weighted by Gasteiger charge is 2.12. The number of rotatable bonds is 3. The highest BCUT2D eigenvalue weighted by atomic mass is 32.1. The molecule has 1 amide bonds. The Morgan fingerprint density at radius 1 is 1.47 bits per heavy atom. The van der Waals surface area contributed by atoms with Crippen molar-refractivity contribution >= 4 is 32.6 Å². The topological polar surface area (TPSA) is 54.0 Å². The molecule has 1 aromatic carbocycles. The molecule has 90 valence electrons. The molecule has 1 atom stereocenters. The minimum Gasteiger partial charge on any atom is -0.309 e. The highest BCUT2D eigenvalue weighted by Crippen LogP contribution is 2.26. The van der Waals surface area contributed by atoms with Crippen molar-refractivity contribution in [3.05, 3.63) is 23.8 Å². The van der Waals surface area contributed by atoms with Gasteiger partial charge in [0.2, 0.25) is 5.91 Å². The van der Waals surface area contributed by atoms with E-state index in [0.29, 0.717) is 5.13 Å². The summed E-state index contributed by atoms with van der Waals surface area (Å²) in [6.45, 7) is 3.85. The number of fused-ring (bicyclic) bond motifs is 1. The summed E-state index contributed by atoms with van der Waals surface area (Å²) in [5.74, 6) is -0.0664. The third-order valence-corrected chi connectivity index (χ3v) is 3.53. The Balaban J connectivity index is 2.22. The van der Waals surface area contributed by atoms with Crippen molar-refractivity contribution < 1.29 is 4.79 Å². The van der Waals surface area contributed by atoms with Crippen LogP contribution in [0.1, 0.15) is 12.5 Å². The number of hydrogen-bond acceptors (Lipinski definition) is 4. The molecule has 0 spiro atoms. The van der Waals surface area contributed by atoms with E-state index < -0.39 is 0 Å². The molecule has 17 heavy (non-hydrogen) atoms. The lowest BCUT2D eigenvalue weighted by Gasteiger charge is -2.08. The van der Waals surface area contributed by atoms with E-state index in [4.69, 9.17) is 0 Å². The van der Waals surface area contributed by atoms with Crippen LogP contribution in [0, 0.1) is 6.92 Å². The van der Waals surface area contributed by atoms with Crippen molar-refractivity contribution in [1.29, 1.82) is 0 Å². The van der Waals surface area contributed by atoms with Gasteiger partial charge in [-0.3, -0.25) is 4.79 Å². The first-order chi connectivity index (χ1) is 8.10. The molecule has 1 heterocycles. The molecule has 0 radical (unpaired) electrons. The van der Waals surface area contributed by atoms with E-state index in [1.165, 1.54) is 16.9 Å². The predicted octanol–water partition coefficient (Wildman–Crippen LogP) is 2.15. The lowest BCUT2D eigenvalue weighted by molar-refractivity contribution is -0.117. The van der Waals surface area contributed by atoms with Crippen LogP contribution in [-0.4, -0.2) is 24.0 Å². The van der Waals surface area contributed by atoms with Gasteiger partial charge in [0.25, 0.3) is 0 Å². The van der Waals surface area contributed by atoms with Gasteiger partial charge >= 0.3 is 0 Å². The molecule has 5 heteroatoms. The maximum atomic E-state index is 11.7. The van der Waals surface area contributed by atoms with Gasteiger partial charge in [-0.1, -0.05) is 17.4 Å². The van der Waals surface area contributed by atoms with Gasteiger partial charge in [-0.2, -0.15) is 0 Å². The van der Waals surface area contributed by atoms with Crippen LogP contribution in [0.25, 0.3) is 10.2 Å². The fourth-order valence-corrected chi connectivity index (χ4v) is 2.40. The van der Waals surface area contributed by atoms with Crippen LogP contribution in [-0.2, 0) is 4.79 Å². The average molecular weight is 249 g/mol. The highest BCUT2D eigenvalue weighted by molar-refractivity contribution is 7.22. The van der Waals surface area contributed by atoms with Gasteiger partial charge in [0, 0.05) is 0 Å². The normalized spacial score (nSPS) is 12.6. The predicted molar refractivity (Wildman–Crippen MR) is 71.5 cm³/mol. The van der Waals surface area contributed by atoms with Gasteiger partial charge in [-0.25, -0.2) is 4.98 Å². The minimum absolute atomic E-state index is 0.0664. The number of thiazole rings is 1. The van der Waals surface area contributed by atoms with Gasteiger partial charge in [-0.05, 0) is 38.6 Å². The van der Waals surface area contributed by atoms with Crippen LogP contribution in [0.3, 0.4) is 0 Å². The van der Waals surface area contributed by atoms with Crippen LogP contribution in [0.15, 0.2) is 18.2 Å². The van der Waals surface area contributed by atoms with E-state index in [0.717, 1.165) is 10.2 Å². The summed E-state index contributed by atoms with van der Waals surface area (Å²) in [7, 11) is 1.76. The maximum absolute atomic E-state index is 11.7. The molecule has 1 aromatic heterocycles. The van der Waals surface area contributed by atoms with Crippen molar-refractivity contribution in [1.82, 2.24) is 10.3 Å². The number of hydrogen-bond donors (Lipinski definition) is 2. The Kier molecular flexibility index (Phi) is 3.40. The number of benzene rings is 1. The smallest absolute Gasteiger partial charge is 0.242 e. The monoisotopic (exact) mass is 249 g/mol. The van der Waals surface area contributed by atoms with Crippen LogP contribution in [0.4, 0.5) is 5.13 Å². The molecule has 1 unspecified atom stereocenters. The van der Waals surface area contributed by atoms with E-state index in [9.17, 15) is 4.79 Å². The zero-order valence-electron chi connectivity index (χ0n) is 10.1. The third kappa shape index (κ3) is 2.62. The zero-order valence-corrected chi connectivity index (χ0v) is 10.9.